The predicted octanol–water partition coefficient (Wildman–Crippen LogP) is 2.87. The maximum Gasteiger partial charge on any atom is 0.314 e. The van der Waals surface area contributed by atoms with E-state index >= 15 is 0 Å². The van der Waals surface area contributed by atoms with E-state index in [4.69, 9.17) is 0 Å². The Bertz CT molecular complexity index is 569. The molecule has 2 amide bonds. The first-order valence-electron chi connectivity index (χ1n) is 7.28. The molecule has 2 aromatic heterocycles. The van der Waals surface area contributed by atoms with Crippen LogP contribution in [0.1, 0.15) is 35.2 Å². The molecule has 0 saturated carbocycles. The van der Waals surface area contributed by atoms with Gasteiger partial charge in [-0.05, 0) is 48.6 Å². The van der Waals surface area contributed by atoms with Crippen molar-refractivity contribution in [2.24, 2.45) is 0 Å². The van der Waals surface area contributed by atoms with E-state index in [1.165, 1.54) is 11.3 Å². The Hall–Kier alpha value is -1.44. The highest BCUT2D eigenvalue weighted by Crippen LogP contribution is 2.15. The molecule has 1 unspecified atom stereocenters. The lowest BCUT2D eigenvalue weighted by molar-refractivity contribution is 0.173. The average Bonchev–Trinajstić information content (AvgIpc) is 3.16. The molecule has 0 bridgehead atoms. The summed E-state index contributed by atoms with van der Waals surface area (Å²) in [5.41, 5.74) is 1.91. The van der Waals surface area contributed by atoms with Crippen LogP contribution in [0.25, 0.3) is 0 Å². The Kier molecular flexibility index (Phi) is 6.82. The van der Waals surface area contributed by atoms with E-state index in [-0.39, 0.29) is 12.6 Å². The molecule has 3 N–H and O–H groups in total. The number of thiophene rings is 1. The third-order valence-electron chi connectivity index (χ3n) is 3.15. The minimum absolute atomic E-state index is 0.223. The Morgan fingerprint density at radius 1 is 1.36 bits per heavy atom. The van der Waals surface area contributed by atoms with Gasteiger partial charge in [0.05, 0.1) is 11.1 Å². The molecular formula is C15H21N3O2S2. The summed E-state index contributed by atoms with van der Waals surface area (Å²) in [6.45, 7) is 2.85. The molecule has 0 aliphatic carbocycles. The molecular weight excluding hydrogens is 318 g/mol. The first-order chi connectivity index (χ1) is 10.6. The molecule has 2 aromatic rings. The van der Waals surface area contributed by atoms with Gasteiger partial charge in [0.25, 0.3) is 0 Å². The van der Waals surface area contributed by atoms with Crippen LogP contribution in [-0.2, 0) is 6.42 Å². The second-order valence-corrected chi connectivity index (χ2v) is 6.77. The Morgan fingerprint density at radius 3 is 2.91 bits per heavy atom. The molecule has 7 heteroatoms. The van der Waals surface area contributed by atoms with Crippen LogP contribution >= 0.6 is 22.7 Å². The van der Waals surface area contributed by atoms with Crippen LogP contribution in [0.3, 0.4) is 0 Å². The smallest absolute Gasteiger partial charge is 0.314 e. The number of nitrogens with zero attached hydrogens (tertiary/aromatic N) is 1. The maximum atomic E-state index is 11.6. The van der Waals surface area contributed by atoms with Crippen LogP contribution in [0.2, 0.25) is 0 Å². The monoisotopic (exact) mass is 339 g/mol. The Morgan fingerprint density at radius 2 is 2.23 bits per heavy atom. The van der Waals surface area contributed by atoms with Gasteiger partial charge in [-0.1, -0.05) is 0 Å². The van der Waals surface area contributed by atoms with Gasteiger partial charge >= 0.3 is 6.03 Å². The first kappa shape index (κ1) is 16.9. The number of aliphatic hydroxyl groups excluding tert-OH is 1. The van der Waals surface area contributed by atoms with E-state index in [9.17, 15) is 9.90 Å². The second-order valence-electron chi connectivity index (χ2n) is 5.05. The summed E-state index contributed by atoms with van der Waals surface area (Å²) in [4.78, 5) is 16.0. The minimum atomic E-state index is -0.648. The number of amides is 2. The Labute approximate surface area is 138 Å². The summed E-state index contributed by atoms with van der Waals surface area (Å²) >= 11 is 3.21. The van der Waals surface area contributed by atoms with Gasteiger partial charge in [-0.3, -0.25) is 0 Å². The van der Waals surface area contributed by atoms with Crippen molar-refractivity contribution in [2.45, 2.75) is 32.3 Å². The third-order valence-corrected chi connectivity index (χ3v) is 4.88. The number of aliphatic hydroxyl groups is 1. The highest BCUT2D eigenvalue weighted by Gasteiger charge is 2.09. The van der Waals surface area contributed by atoms with Crippen molar-refractivity contribution in [1.29, 1.82) is 0 Å². The molecule has 0 fully saturated rings. The molecule has 0 saturated heterocycles. The quantitative estimate of drug-likeness (QED) is 0.648. The number of thiazole rings is 1. The molecule has 0 aliphatic rings. The van der Waals surface area contributed by atoms with E-state index in [1.54, 1.807) is 11.3 Å². The van der Waals surface area contributed by atoms with Crippen LogP contribution in [-0.4, -0.2) is 29.2 Å². The van der Waals surface area contributed by atoms with E-state index in [2.05, 4.69) is 21.0 Å². The fourth-order valence-corrected chi connectivity index (χ4v) is 3.48. The van der Waals surface area contributed by atoms with Gasteiger partial charge in [0.2, 0.25) is 0 Å². The largest absolute Gasteiger partial charge is 0.387 e. The van der Waals surface area contributed by atoms with Crippen molar-refractivity contribution < 1.29 is 9.90 Å². The average molecular weight is 339 g/mol. The molecule has 5 nitrogen and oxygen atoms in total. The second kappa shape index (κ2) is 8.87. The molecule has 0 spiro atoms. The van der Waals surface area contributed by atoms with Gasteiger partial charge < -0.3 is 15.7 Å². The molecule has 1 atom stereocenters. The molecule has 120 valence electrons. The van der Waals surface area contributed by atoms with Crippen molar-refractivity contribution in [2.75, 3.05) is 13.1 Å². The number of urea groups is 1. The zero-order chi connectivity index (χ0) is 15.8. The summed E-state index contributed by atoms with van der Waals surface area (Å²) < 4.78 is 0. The van der Waals surface area contributed by atoms with Crippen LogP contribution in [0.4, 0.5) is 4.79 Å². The number of rotatable bonds is 8. The maximum absolute atomic E-state index is 11.6. The number of carbonyl (C=O) groups excluding carboxylic acids is 1. The summed E-state index contributed by atoms with van der Waals surface area (Å²) in [6, 6.07) is 1.62. The minimum Gasteiger partial charge on any atom is -0.387 e. The Balaban J connectivity index is 1.52. The fraction of sp³-hybridized carbons (Fsp3) is 0.467. The zero-order valence-electron chi connectivity index (χ0n) is 12.5. The van der Waals surface area contributed by atoms with Gasteiger partial charge in [-0.25, -0.2) is 9.78 Å². The van der Waals surface area contributed by atoms with E-state index in [0.29, 0.717) is 6.54 Å². The van der Waals surface area contributed by atoms with Crippen LogP contribution in [0.15, 0.2) is 22.2 Å². The van der Waals surface area contributed by atoms with E-state index in [0.717, 1.165) is 35.5 Å². The van der Waals surface area contributed by atoms with E-state index < -0.39 is 6.10 Å². The number of nitrogens with one attached hydrogen (secondary N) is 2. The molecule has 0 aliphatic heterocycles. The summed E-state index contributed by atoms with van der Waals surface area (Å²) in [6.07, 6.45) is 2.23. The fourth-order valence-electron chi connectivity index (χ4n) is 1.95. The molecule has 2 rings (SSSR count). The summed E-state index contributed by atoms with van der Waals surface area (Å²) in [7, 11) is 0. The number of hydrogen-bond donors (Lipinski definition) is 3. The molecule has 0 aromatic carbocycles. The van der Waals surface area contributed by atoms with Crippen LogP contribution in [0, 0.1) is 6.92 Å². The highest BCUT2D eigenvalue weighted by molar-refractivity contribution is 7.09. The van der Waals surface area contributed by atoms with Gasteiger partial charge in [-0.15, -0.1) is 11.3 Å². The summed E-state index contributed by atoms with van der Waals surface area (Å²) in [5.74, 6) is 0. The standard InChI is InChI=1S/C15H21N3O2S2/c1-11-9-22-14(18-11)4-2-3-6-16-15(20)17-8-13(19)12-5-7-21-10-12/h5,7,9-10,13,19H,2-4,6,8H2,1H3,(H2,16,17,20). The number of carbonyl (C=O) groups is 1. The van der Waals surface area contributed by atoms with Crippen molar-refractivity contribution in [3.05, 3.63) is 38.5 Å². The van der Waals surface area contributed by atoms with Crippen molar-refractivity contribution in [3.8, 4) is 0 Å². The first-order valence-corrected chi connectivity index (χ1v) is 9.10. The lowest BCUT2D eigenvalue weighted by atomic mass is 10.2. The normalized spacial score (nSPS) is 12.1. The van der Waals surface area contributed by atoms with Gasteiger partial charge in [0, 0.05) is 24.2 Å². The highest BCUT2D eigenvalue weighted by atomic mass is 32.1. The van der Waals surface area contributed by atoms with Gasteiger partial charge in [0.15, 0.2) is 0 Å². The molecule has 22 heavy (non-hydrogen) atoms. The van der Waals surface area contributed by atoms with Crippen molar-refractivity contribution >= 4 is 28.7 Å². The zero-order valence-corrected chi connectivity index (χ0v) is 14.2. The molecule has 0 radical (unpaired) electrons. The van der Waals surface area contributed by atoms with Crippen LogP contribution in [0.5, 0.6) is 0 Å². The molecule has 2 heterocycles. The lowest BCUT2D eigenvalue weighted by Gasteiger charge is -2.11. The lowest BCUT2D eigenvalue weighted by Crippen LogP contribution is -2.38. The number of aromatic nitrogens is 1. The predicted molar refractivity (Wildman–Crippen MR) is 90.5 cm³/mol. The van der Waals surface area contributed by atoms with Crippen molar-refractivity contribution in [3.63, 3.8) is 0 Å². The SMILES string of the molecule is Cc1csc(CCCCNC(=O)NCC(O)c2ccsc2)n1. The topological polar surface area (TPSA) is 74.2 Å². The van der Waals surface area contributed by atoms with Crippen LogP contribution < -0.4 is 10.6 Å². The number of unbranched alkanes of at least 4 members (excludes halogenated alkanes) is 1. The van der Waals surface area contributed by atoms with Gasteiger partial charge in [0.1, 0.15) is 0 Å². The number of hydrogen-bond acceptors (Lipinski definition) is 5. The number of aryl methyl sites for hydroxylation is 2. The summed E-state index contributed by atoms with van der Waals surface area (Å²) in [5, 5.41) is 22.3. The van der Waals surface area contributed by atoms with E-state index in [1.807, 2.05) is 23.8 Å². The third kappa shape index (κ3) is 5.75. The van der Waals surface area contributed by atoms with Crippen molar-refractivity contribution in [1.82, 2.24) is 15.6 Å². The van der Waals surface area contributed by atoms with Gasteiger partial charge in [-0.2, -0.15) is 11.3 Å².